The monoisotopic (exact) mass is 817 g/mol. The summed E-state index contributed by atoms with van der Waals surface area (Å²) in [5.41, 5.74) is -4.45. The molecule has 5 aromatic heterocycles. The maximum Gasteiger partial charge on any atom is 0.218 e. The molecule has 0 N–H and O–H groups in total. The summed E-state index contributed by atoms with van der Waals surface area (Å²) in [6.07, 6.45) is 12.4. The molecule has 0 aliphatic carbocycles. The summed E-state index contributed by atoms with van der Waals surface area (Å²) in [6.45, 7) is -2.52. The van der Waals surface area contributed by atoms with E-state index in [1.54, 1.807) is 0 Å². The Kier molecular flexibility index (Phi) is 10.5. The van der Waals surface area contributed by atoms with Crippen LogP contribution in [0.2, 0.25) is 0 Å². The molecule has 0 aliphatic heterocycles. The minimum absolute atomic E-state index is 0.175. The minimum Gasteiger partial charge on any atom is -0.341 e. The molecule has 2 atom stereocenters. The topological polar surface area (TPSA) is 172 Å². The quantitative estimate of drug-likeness (QED) is 0.0967. The summed E-state index contributed by atoms with van der Waals surface area (Å²) in [5.74, 6) is -8.37. The van der Waals surface area contributed by atoms with Crippen LogP contribution in [0.1, 0.15) is 16.7 Å². The van der Waals surface area contributed by atoms with Gasteiger partial charge in [-0.05, 0) is 24.3 Å². The Hall–Kier alpha value is -7.14. The summed E-state index contributed by atoms with van der Waals surface area (Å²) in [5, 5.41) is 21.2. The van der Waals surface area contributed by atoms with Gasteiger partial charge >= 0.3 is 0 Å². The maximum atomic E-state index is 16.5. The molecule has 2 unspecified atom stereocenters. The molecule has 8 aromatic rings. The van der Waals surface area contributed by atoms with Crippen molar-refractivity contribution in [3.8, 4) is 0 Å². The largest absolute Gasteiger partial charge is 0.341 e. The van der Waals surface area contributed by atoms with E-state index in [-0.39, 0.29) is 24.2 Å². The van der Waals surface area contributed by atoms with E-state index < -0.39 is 77.1 Å². The van der Waals surface area contributed by atoms with Gasteiger partial charge in [-0.15, -0.1) is 0 Å². The number of hydrogen-bond donors (Lipinski definition) is 0. The number of hydrogen-bond acceptors (Lipinski definition) is 12. The standard InChI is InChI=1S/C36H29F6N15O2/c37-25-1-4-28(31(40)7-25)34(56-23-46-18-51-56,10-53-20-43-15-48-53)13-58-36(12-55-22-45-17-50-55,30-6-3-27(39)9-33(30)42)59-14-35(57-24-47-19-52-57,11-54-21-44-16-49-54)29-5-2-26(38)8-32(29)41/h1-9,15-24H,10-14H2. The van der Waals surface area contributed by atoms with Crippen molar-refractivity contribution in [1.29, 1.82) is 0 Å². The van der Waals surface area contributed by atoms with Crippen molar-refractivity contribution in [2.45, 2.75) is 36.5 Å². The van der Waals surface area contributed by atoms with Crippen molar-refractivity contribution in [2.24, 2.45) is 0 Å². The average Bonchev–Trinajstić information content (AvgIpc) is 4.07. The van der Waals surface area contributed by atoms with Crippen LogP contribution in [-0.2, 0) is 46.0 Å². The summed E-state index contributed by atoms with van der Waals surface area (Å²) in [7, 11) is 0. The van der Waals surface area contributed by atoms with Crippen LogP contribution < -0.4 is 0 Å². The van der Waals surface area contributed by atoms with E-state index >= 15 is 13.2 Å². The third kappa shape index (κ3) is 7.66. The van der Waals surface area contributed by atoms with Crippen molar-refractivity contribution in [3.63, 3.8) is 0 Å². The normalized spacial score (nSPS) is 14.8. The summed E-state index contributed by atoms with van der Waals surface area (Å²) >= 11 is 0. The zero-order chi connectivity index (χ0) is 41.0. The van der Waals surface area contributed by atoms with Gasteiger partial charge in [0.1, 0.15) is 116 Å². The molecule has 23 heteroatoms. The van der Waals surface area contributed by atoms with Crippen LogP contribution in [0, 0.1) is 34.9 Å². The van der Waals surface area contributed by atoms with Gasteiger partial charge in [-0.1, -0.05) is 12.1 Å². The molecule has 0 saturated carbocycles. The highest BCUT2D eigenvalue weighted by Crippen LogP contribution is 2.40. The van der Waals surface area contributed by atoms with Gasteiger partial charge in [0.05, 0.1) is 26.3 Å². The number of halogens is 6. The fraction of sp³-hybridized carbons (Fsp3) is 0.222. The minimum atomic E-state index is -2.44. The molecule has 0 fully saturated rings. The summed E-state index contributed by atoms with van der Waals surface area (Å²) in [4.78, 5) is 20.1. The van der Waals surface area contributed by atoms with Crippen molar-refractivity contribution >= 4 is 0 Å². The van der Waals surface area contributed by atoms with Crippen LogP contribution in [0.25, 0.3) is 0 Å². The van der Waals surface area contributed by atoms with Gasteiger partial charge in [-0.25, -0.2) is 65.3 Å². The van der Waals surface area contributed by atoms with Crippen LogP contribution in [0.15, 0.2) is 118 Å². The highest BCUT2D eigenvalue weighted by atomic mass is 19.2. The third-order valence-electron chi connectivity index (χ3n) is 9.63. The van der Waals surface area contributed by atoms with Crippen LogP contribution in [0.4, 0.5) is 26.3 Å². The molecule has 5 heterocycles. The first-order valence-corrected chi connectivity index (χ1v) is 17.4. The molecule has 0 saturated heterocycles. The predicted octanol–water partition coefficient (Wildman–Crippen LogP) is 3.65. The smallest absolute Gasteiger partial charge is 0.218 e. The van der Waals surface area contributed by atoms with Crippen LogP contribution in [-0.4, -0.2) is 87.0 Å². The zero-order valence-electron chi connectivity index (χ0n) is 30.3. The van der Waals surface area contributed by atoms with Crippen molar-refractivity contribution in [2.75, 3.05) is 13.2 Å². The Morgan fingerprint density at radius 3 is 1.12 bits per heavy atom. The SMILES string of the molecule is Fc1ccc(C(Cn2cncn2)(OCC(Cn2cncn2)(c2ccc(F)cc2F)n2cncn2)OCC(Cn2cncn2)(c2ccc(F)cc2F)n2cncn2)c(F)c1. The van der Waals surface area contributed by atoms with E-state index in [0.717, 1.165) is 24.3 Å². The molecule has 59 heavy (non-hydrogen) atoms. The lowest BCUT2D eigenvalue weighted by molar-refractivity contribution is -0.276. The molecule has 302 valence electrons. The van der Waals surface area contributed by atoms with Gasteiger partial charge in [0.2, 0.25) is 5.79 Å². The number of nitrogens with zero attached hydrogens (tertiary/aromatic N) is 15. The Morgan fingerprint density at radius 2 is 0.780 bits per heavy atom. The molecule has 17 nitrogen and oxygen atoms in total. The fourth-order valence-corrected chi connectivity index (χ4v) is 6.87. The van der Waals surface area contributed by atoms with E-state index in [0.29, 0.717) is 18.2 Å². The number of ether oxygens (including phenoxy) is 2. The molecular weight excluding hydrogens is 788 g/mol. The first-order chi connectivity index (χ1) is 28.6. The lowest BCUT2D eigenvalue weighted by Crippen LogP contribution is -2.52. The molecule has 0 amide bonds. The van der Waals surface area contributed by atoms with E-state index in [9.17, 15) is 13.2 Å². The van der Waals surface area contributed by atoms with E-state index in [2.05, 4.69) is 50.4 Å². The van der Waals surface area contributed by atoms with Crippen LogP contribution in [0.3, 0.4) is 0 Å². The number of benzene rings is 3. The van der Waals surface area contributed by atoms with Crippen molar-refractivity contribution in [1.82, 2.24) is 73.8 Å². The Bertz CT molecular complexity index is 2460. The summed E-state index contributed by atoms with van der Waals surface area (Å²) < 4.78 is 112. The van der Waals surface area contributed by atoms with Crippen LogP contribution >= 0.6 is 0 Å². The Labute approximate surface area is 328 Å². The van der Waals surface area contributed by atoms with Gasteiger partial charge in [-0.3, -0.25) is 9.36 Å². The molecule has 0 spiro atoms. The third-order valence-corrected chi connectivity index (χ3v) is 9.63. The molecule has 0 bridgehead atoms. The van der Waals surface area contributed by atoms with Gasteiger partial charge in [0.15, 0.2) is 0 Å². The second kappa shape index (κ2) is 16.0. The van der Waals surface area contributed by atoms with E-state index in [4.69, 9.17) is 9.47 Å². The van der Waals surface area contributed by atoms with Gasteiger partial charge < -0.3 is 9.47 Å². The maximum absolute atomic E-state index is 16.5. The second-order valence-corrected chi connectivity index (χ2v) is 13.2. The fourth-order valence-electron chi connectivity index (χ4n) is 6.87. The highest BCUT2D eigenvalue weighted by Gasteiger charge is 2.49. The Morgan fingerprint density at radius 1 is 0.424 bits per heavy atom. The van der Waals surface area contributed by atoms with E-state index in [1.165, 1.54) is 98.8 Å². The molecule has 0 aliphatic rings. The molecule has 3 aromatic carbocycles. The average molecular weight is 818 g/mol. The lowest BCUT2D eigenvalue weighted by Gasteiger charge is -2.42. The zero-order valence-corrected chi connectivity index (χ0v) is 30.3. The highest BCUT2D eigenvalue weighted by molar-refractivity contribution is 5.31. The van der Waals surface area contributed by atoms with Gasteiger partial charge in [0, 0.05) is 34.9 Å². The van der Waals surface area contributed by atoms with Gasteiger partial charge in [0.25, 0.3) is 0 Å². The van der Waals surface area contributed by atoms with Crippen molar-refractivity contribution in [3.05, 3.63) is 169 Å². The molecule has 8 rings (SSSR count). The number of aromatic nitrogens is 15. The first-order valence-electron chi connectivity index (χ1n) is 17.4. The number of rotatable bonds is 17. The van der Waals surface area contributed by atoms with Crippen molar-refractivity contribution < 1.29 is 35.8 Å². The molecular formula is C36H29F6N15O2. The van der Waals surface area contributed by atoms with Gasteiger partial charge in [-0.2, -0.15) is 25.5 Å². The predicted molar refractivity (Wildman–Crippen MR) is 187 cm³/mol. The second-order valence-electron chi connectivity index (χ2n) is 13.2. The Balaban J connectivity index is 1.34. The lowest BCUT2D eigenvalue weighted by atomic mass is 9.89. The molecule has 0 radical (unpaired) electrons. The van der Waals surface area contributed by atoms with Crippen LogP contribution in [0.5, 0.6) is 0 Å². The first kappa shape index (κ1) is 38.7. The van der Waals surface area contributed by atoms with E-state index in [1.807, 2.05) is 0 Å². The summed E-state index contributed by atoms with van der Waals surface area (Å²) in [6, 6.07) is 8.35.